The van der Waals surface area contributed by atoms with Gasteiger partial charge in [0.25, 0.3) is 0 Å². The van der Waals surface area contributed by atoms with Crippen molar-refractivity contribution in [3.8, 4) is 0 Å². The van der Waals surface area contributed by atoms with Gasteiger partial charge in [-0.3, -0.25) is 4.79 Å². The largest absolute Gasteiger partial charge is 0.393 e. The first kappa shape index (κ1) is 14.8. The number of nitrogens with one attached hydrogen (secondary N) is 2. The zero-order chi connectivity index (χ0) is 13.7. The van der Waals surface area contributed by atoms with Gasteiger partial charge in [-0.1, -0.05) is 19.8 Å². The number of rotatable bonds is 5. The fourth-order valence-electron chi connectivity index (χ4n) is 3.61. The highest BCUT2D eigenvalue weighted by Gasteiger charge is 2.39. The first-order valence-corrected chi connectivity index (χ1v) is 7.87. The lowest BCUT2D eigenvalue weighted by atomic mass is 9.86. The summed E-state index contributed by atoms with van der Waals surface area (Å²) >= 11 is 0. The van der Waals surface area contributed by atoms with Gasteiger partial charge in [-0.25, -0.2) is 0 Å². The van der Waals surface area contributed by atoms with E-state index in [1.807, 2.05) is 0 Å². The summed E-state index contributed by atoms with van der Waals surface area (Å²) in [7, 11) is 0. The number of hydrogen-bond acceptors (Lipinski definition) is 3. The SMILES string of the molecule is CCCC1(C(=O)NCC2CCCC(O)C2)CCCN1. The van der Waals surface area contributed by atoms with Crippen LogP contribution in [0, 0.1) is 5.92 Å². The molecule has 2 rings (SSSR count). The van der Waals surface area contributed by atoms with Crippen LogP contribution < -0.4 is 10.6 Å². The highest BCUT2D eigenvalue weighted by molar-refractivity contribution is 5.86. The zero-order valence-corrected chi connectivity index (χ0v) is 12.1. The fraction of sp³-hybridized carbons (Fsp3) is 0.933. The van der Waals surface area contributed by atoms with Crippen LogP contribution >= 0.6 is 0 Å². The van der Waals surface area contributed by atoms with Gasteiger partial charge < -0.3 is 15.7 Å². The number of amides is 1. The Labute approximate surface area is 116 Å². The van der Waals surface area contributed by atoms with Crippen LogP contribution in [0.2, 0.25) is 0 Å². The van der Waals surface area contributed by atoms with Crippen molar-refractivity contribution in [1.29, 1.82) is 0 Å². The van der Waals surface area contributed by atoms with Gasteiger partial charge in [-0.05, 0) is 51.0 Å². The smallest absolute Gasteiger partial charge is 0.240 e. The van der Waals surface area contributed by atoms with Crippen LogP contribution in [-0.4, -0.2) is 35.7 Å². The summed E-state index contributed by atoms with van der Waals surface area (Å²) in [4.78, 5) is 12.4. The molecule has 3 N–H and O–H groups in total. The highest BCUT2D eigenvalue weighted by atomic mass is 16.3. The Bertz CT molecular complexity index is 301. The molecule has 2 aliphatic rings. The molecule has 3 unspecified atom stereocenters. The Balaban J connectivity index is 1.82. The van der Waals surface area contributed by atoms with E-state index in [4.69, 9.17) is 0 Å². The van der Waals surface area contributed by atoms with Crippen molar-refractivity contribution >= 4 is 5.91 Å². The van der Waals surface area contributed by atoms with Crippen LogP contribution in [0.15, 0.2) is 0 Å². The van der Waals surface area contributed by atoms with Crippen LogP contribution in [0.5, 0.6) is 0 Å². The monoisotopic (exact) mass is 268 g/mol. The number of hydrogen-bond donors (Lipinski definition) is 3. The molecule has 4 nitrogen and oxygen atoms in total. The third kappa shape index (κ3) is 3.69. The van der Waals surface area contributed by atoms with E-state index in [0.717, 1.165) is 64.5 Å². The second-order valence-electron chi connectivity index (χ2n) is 6.26. The molecule has 0 aromatic rings. The number of aliphatic hydroxyl groups excluding tert-OH is 1. The van der Waals surface area contributed by atoms with Crippen LogP contribution in [0.25, 0.3) is 0 Å². The van der Waals surface area contributed by atoms with Crippen molar-refractivity contribution in [3.63, 3.8) is 0 Å². The molecule has 1 saturated carbocycles. The lowest BCUT2D eigenvalue weighted by Gasteiger charge is -2.30. The molecule has 4 heteroatoms. The quantitative estimate of drug-likeness (QED) is 0.709. The molecule has 0 aromatic heterocycles. The lowest BCUT2D eigenvalue weighted by molar-refractivity contribution is -0.127. The molecular formula is C15H28N2O2. The summed E-state index contributed by atoms with van der Waals surface area (Å²) in [5.74, 6) is 0.625. The molecule has 1 amide bonds. The van der Waals surface area contributed by atoms with Gasteiger partial charge in [0.1, 0.15) is 0 Å². The van der Waals surface area contributed by atoms with E-state index >= 15 is 0 Å². The van der Waals surface area contributed by atoms with Gasteiger partial charge in [0.05, 0.1) is 11.6 Å². The van der Waals surface area contributed by atoms with Crippen molar-refractivity contribution in [1.82, 2.24) is 10.6 Å². The Hall–Kier alpha value is -0.610. The molecule has 1 aliphatic carbocycles. The average molecular weight is 268 g/mol. The number of aliphatic hydroxyl groups is 1. The first-order valence-electron chi connectivity index (χ1n) is 7.87. The predicted molar refractivity (Wildman–Crippen MR) is 75.9 cm³/mol. The molecule has 0 radical (unpaired) electrons. The highest BCUT2D eigenvalue weighted by Crippen LogP contribution is 2.26. The van der Waals surface area contributed by atoms with Gasteiger partial charge in [0.2, 0.25) is 5.91 Å². The average Bonchev–Trinajstić information content (AvgIpc) is 2.86. The minimum atomic E-state index is -0.317. The molecule has 1 aliphatic heterocycles. The third-order valence-corrected chi connectivity index (χ3v) is 4.66. The molecule has 0 spiro atoms. The maximum atomic E-state index is 12.4. The van der Waals surface area contributed by atoms with Crippen LogP contribution in [0.4, 0.5) is 0 Å². The summed E-state index contributed by atoms with van der Waals surface area (Å²) in [6.07, 6.45) is 7.82. The maximum absolute atomic E-state index is 12.4. The van der Waals surface area contributed by atoms with Gasteiger partial charge in [-0.15, -0.1) is 0 Å². The van der Waals surface area contributed by atoms with E-state index in [-0.39, 0.29) is 17.6 Å². The van der Waals surface area contributed by atoms with E-state index in [9.17, 15) is 9.90 Å². The summed E-state index contributed by atoms with van der Waals surface area (Å²) in [6.45, 7) is 3.81. The van der Waals surface area contributed by atoms with Crippen molar-refractivity contribution in [2.24, 2.45) is 5.92 Å². The van der Waals surface area contributed by atoms with Crippen molar-refractivity contribution in [2.75, 3.05) is 13.1 Å². The van der Waals surface area contributed by atoms with E-state index in [0.29, 0.717) is 5.92 Å². The van der Waals surface area contributed by atoms with Gasteiger partial charge >= 0.3 is 0 Å². The van der Waals surface area contributed by atoms with E-state index in [1.165, 1.54) is 0 Å². The van der Waals surface area contributed by atoms with Gasteiger partial charge in [0, 0.05) is 6.54 Å². The standard InChI is InChI=1S/C15H28N2O2/c1-2-7-15(8-4-9-17-15)14(19)16-11-12-5-3-6-13(18)10-12/h12-13,17-18H,2-11H2,1H3,(H,16,19). The van der Waals surface area contributed by atoms with Gasteiger partial charge in [0.15, 0.2) is 0 Å². The number of carbonyl (C=O) groups is 1. The lowest BCUT2D eigenvalue weighted by Crippen LogP contribution is -2.54. The first-order chi connectivity index (χ1) is 9.16. The summed E-state index contributed by atoms with van der Waals surface area (Å²) in [5.41, 5.74) is -0.317. The molecule has 19 heavy (non-hydrogen) atoms. The Morgan fingerprint density at radius 2 is 2.26 bits per heavy atom. The Kier molecular flexibility index (Phi) is 5.22. The maximum Gasteiger partial charge on any atom is 0.240 e. The molecule has 0 bridgehead atoms. The second kappa shape index (κ2) is 6.71. The van der Waals surface area contributed by atoms with Crippen LogP contribution in [0.3, 0.4) is 0 Å². The predicted octanol–water partition coefficient (Wildman–Crippen LogP) is 1.58. The molecule has 2 fully saturated rings. The minimum Gasteiger partial charge on any atom is -0.393 e. The van der Waals surface area contributed by atoms with E-state index < -0.39 is 0 Å². The van der Waals surface area contributed by atoms with E-state index in [2.05, 4.69) is 17.6 Å². The third-order valence-electron chi connectivity index (χ3n) is 4.66. The van der Waals surface area contributed by atoms with Crippen molar-refractivity contribution < 1.29 is 9.90 Å². The molecular weight excluding hydrogens is 240 g/mol. The molecule has 0 aromatic carbocycles. The topological polar surface area (TPSA) is 61.4 Å². The van der Waals surface area contributed by atoms with Crippen LogP contribution in [-0.2, 0) is 4.79 Å². The fourth-order valence-corrected chi connectivity index (χ4v) is 3.61. The van der Waals surface area contributed by atoms with Crippen molar-refractivity contribution in [3.05, 3.63) is 0 Å². The molecule has 110 valence electrons. The molecule has 1 heterocycles. The second-order valence-corrected chi connectivity index (χ2v) is 6.26. The van der Waals surface area contributed by atoms with Gasteiger partial charge in [-0.2, -0.15) is 0 Å². The summed E-state index contributed by atoms with van der Waals surface area (Å²) < 4.78 is 0. The normalized spacial score (nSPS) is 35.3. The number of carbonyl (C=O) groups excluding carboxylic acids is 1. The molecule has 1 saturated heterocycles. The molecule has 3 atom stereocenters. The Morgan fingerprint density at radius 3 is 2.89 bits per heavy atom. The zero-order valence-electron chi connectivity index (χ0n) is 12.1. The summed E-state index contributed by atoms with van der Waals surface area (Å²) in [6, 6.07) is 0. The van der Waals surface area contributed by atoms with Crippen LogP contribution in [0.1, 0.15) is 58.3 Å². The van der Waals surface area contributed by atoms with E-state index in [1.54, 1.807) is 0 Å². The van der Waals surface area contributed by atoms with Crippen molar-refractivity contribution in [2.45, 2.75) is 69.9 Å². The minimum absolute atomic E-state index is 0.162. The Morgan fingerprint density at radius 1 is 1.42 bits per heavy atom. The summed E-state index contributed by atoms with van der Waals surface area (Å²) in [5, 5.41) is 16.2.